The van der Waals surface area contributed by atoms with Gasteiger partial charge >= 0.3 is 5.69 Å². The quantitative estimate of drug-likeness (QED) is 0.524. The number of rotatable bonds is 5. The minimum atomic E-state index is -0.326. The van der Waals surface area contributed by atoms with Crippen LogP contribution in [0.5, 0.6) is 0 Å². The third-order valence-electron chi connectivity index (χ3n) is 4.97. The van der Waals surface area contributed by atoms with Crippen LogP contribution in [-0.4, -0.2) is 28.5 Å². The third kappa shape index (κ3) is 3.12. The number of nitrogens with zero attached hydrogens (tertiary/aromatic N) is 6. The molecule has 29 heavy (non-hydrogen) atoms. The topological polar surface area (TPSA) is 79.6 Å². The summed E-state index contributed by atoms with van der Waals surface area (Å²) in [5, 5.41) is 4.25. The molecule has 0 aliphatic rings. The molecule has 0 radical (unpaired) electrons. The lowest BCUT2D eigenvalue weighted by Crippen LogP contribution is -2.39. The molecule has 0 aliphatic heterocycles. The molecule has 1 aromatic carbocycles. The van der Waals surface area contributed by atoms with Gasteiger partial charge in [0.2, 0.25) is 0 Å². The normalized spacial score (nSPS) is 11.7. The Morgan fingerprint density at radius 2 is 1.83 bits per heavy atom. The Morgan fingerprint density at radius 3 is 2.52 bits per heavy atom. The molecule has 0 saturated carbocycles. The summed E-state index contributed by atoms with van der Waals surface area (Å²) in [5.74, 6) is 0.608. The number of hydrogen-bond acceptors (Lipinski definition) is 4. The van der Waals surface area contributed by atoms with Gasteiger partial charge in [-0.2, -0.15) is 5.10 Å². The zero-order valence-electron chi connectivity index (χ0n) is 16.6. The van der Waals surface area contributed by atoms with Crippen molar-refractivity contribution in [2.24, 2.45) is 7.05 Å². The van der Waals surface area contributed by atoms with Gasteiger partial charge in [0.25, 0.3) is 5.56 Å². The second-order valence-electron chi connectivity index (χ2n) is 6.66. The van der Waals surface area contributed by atoms with Crippen molar-refractivity contribution < 1.29 is 0 Å². The second-order valence-corrected chi connectivity index (χ2v) is 6.66. The van der Waals surface area contributed by atoms with Gasteiger partial charge in [-0.1, -0.05) is 18.2 Å². The van der Waals surface area contributed by atoms with Crippen molar-refractivity contribution >= 4 is 23.3 Å². The second kappa shape index (κ2) is 7.38. The van der Waals surface area contributed by atoms with E-state index in [-0.39, 0.29) is 11.2 Å². The van der Waals surface area contributed by atoms with Crippen LogP contribution in [0.25, 0.3) is 29.0 Å². The Hall–Kier alpha value is -3.68. The summed E-state index contributed by atoms with van der Waals surface area (Å²) in [6.45, 7) is 4.43. The first-order valence-corrected chi connectivity index (χ1v) is 9.53. The molecule has 8 heteroatoms. The minimum absolute atomic E-state index is 0.312. The molecule has 0 spiro atoms. The van der Waals surface area contributed by atoms with Crippen molar-refractivity contribution in [3.8, 4) is 5.69 Å². The fourth-order valence-electron chi connectivity index (χ4n) is 3.46. The number of aromatic nitrogens is 6. The van der Waals surface area contributed by atoms with Crippen LogP contribution in [0.1, 0.15) is 25.2 Å². The van der Waals surface area contributed by atoms with Gasteiger partial charge in [0.05, 0.1) is 5.69 Å². The maximum absolute atomic E-state index is 12.8. The van der Waals surface area contributed by atoms with Crippen molar-refractivity contribution in [2.45, 2.75) is 26.9 Å². The lowest BCUT2D eigenvalue weighted by Gasteiger charge is -2.08. The average molecular weight is 390 g/mol. The Morgan fingerprint density at radius 1 is 1.03 bits per heavy atom. The maximum atomic E-state index is 12.8. The Kier molecular flexibility index (Phi) is 4.75. The van der Waals surface area contributed by atoms with Crippen molar-refractivity contribution in [2.75, 3.05) is 0 Å². The minimum Gasteiger partial charge on any atom is -0.322 e. The number of aryl methyl sites for hydroxylation is 2. The van der Waals surface area contributed by atoms with E-state index < -0.39 is 0 Å². The first kappa shape index (κ1) is 18.7. The standard InChI is InChI=1S/C21H22N6O2/c1-4-25-19-18(20(28)26(5-2)21(25)29)24(3)17(23-19)11-10-15-8-6-9-16(14-15)27-13-7-12-22-27/h6-14H,4-5H2,1-3H3. The van der Waals surface area contributed by atoms with Crippen LogP contribution >= 0.6 is 0 Å². The molecule has 0 aliphatic carbocycles. The number of fused-ring (bicyclic) bond motifs is 1. The molecule has 148 valence electrons. The van der Waals surface area contributed by atoms with Crippen molar-refractivity contribution in [3.63, 3.8) is 0 Å². The van der Waals surface area contributed by atoms with E-state index in [0.717, 1.165) is 11.3 Å². The van der Waals surface area contributed by atoms with Gasteiger partial charge in [0, 0.05) is 32.5 Å². The molecule has 8 nitrogen and oxygen atoms in total. The highest BCUT2D eigenvalue weighted by Gasteiger charge is 2.17. The van der Waals surface area contributed by atoms with Crippen LogP contribution in [0.4, 0.5) is 0 Å². The molecule has 4 rings (SSSR count). The summed E-state index contributed by atoms with van der Waals surface area (Å²) >= 11 is 0. The summed E-state index contributed by atoms with van der Waals surface area (Å²) in [6, 6.07) is 9.81. The average Bonchev–Trinajstić information content (AvgIpc) is 3.36. The smallest absolute Gasteiger partial charge is 0.322 e. The molecule has 4 aromatic rings. The van der Waals surface area contributed by atoms with E-state index in [0.29, 0.717) is 30.1 Å². The van der Waals surface area contributed by atoms with E-state index in [1.54, 1.807) is 29.4 Å². The SMILES string of the molecule is CCn1c(=O)c2c(nc(C=Cc3cccc(-n4cccn4)c3)n2C)n(CC)c1=O. The maximum Gasteiger partial charge on any atom is 0.332 e. The number of imidazole rings is 1. The van der Waals surface area contributed by atoms with Gasteiger partial charge in [-0.25, -0.2) is 14.5 Å². The van der Waals surface area contributed by atoms with Gasteiger partial charge in [-0.05, 0) is 43.7 Å². The molecule has 0 N–H and O–H groups in total. The Labute approximate surface area is 167 Å². The summed E-state index contributed by atoms with van der Waals surface area (Å²) in [5.41, 5.74) is 2.13. The van der Waals surface area contributed by atoms with E-state index in [1.165, 1.54) is 9.13 Å². The van der Waals surface area contributed by atoms with E-state index in [2.05, 4.69) is 10.1 Å². The fraction of sp³-hybridized carbons (Fsp3) is 0.238. The summed E-state index contributed by atoms with van der Waals surface area (Å²) in [6.07, 6.45) is 7.40. The number of hydrogen-bond donors (Lipinski definition) is 0. The largest absolute Gasteiger partial charge is 0.332 e. The molecule has 3 heterocycles. The van der Waals surface area contributed by atoms with Crippen LogP contribution in [0.15, 0.2) is 52.3 Å². The predicted octanol–water partition coefficient (Wildman–Crippen LogP) is 2.29. The first-order valence-electron chi connectivity index (χ1n) is 9.53. The Balaban J connectivity index is 1.81. The van der Waals surface area contributed by atoms with Crippen LogP contribution in [-0.2, 0) is 20.1 Å². The third-order valence-corrected chi connectivity index (χ3v) is 4.97. The van der Waals surface area contributed by atoms with Crippen molar-refractivity contribution in [1.29, 1.82) is 0 Å². The highest BCUT2D eigenvalue weighted by molar-refractivity contribution is 5.76. The van der Waals surface area contributed by atoms with Crippen LogP contribution < -0.4 is 11.2 Å². The van der Waals surface area contributed by atoms with E-state index in [4.69, 9.17) is 0 Å². The highest BCUT2D eigenvalue weighted by Crippen LogP contribution is 2.15. The van der Waals surface area contributed by atoms with Gasteiger partial charge in [0.15, 0.2) is 11.2 Å². The molecule has 0 amide bonds. The molecular formula is C21H22N6O2. The van der Waals surface area contributed by atoms with Gasteiger partial charge in [-0.3, -0.25) is 13.9 Å². The zero-order chi connectivity index (χ0) is 20.5. The zero-order valence-corrected chi connectivity index (χ0v) is 16.6. The van der Waals surface area contributed by atoms with Crippen LogP contribution in [0.3, 0.4) is 0 Å². The van der Waals surface area contributed by atoms with E-state index in [9.17, 15) is 9.59 Å². The van der Waals surface area contributed by atoms with Gasteiger partial charge in [0.1, 0.15) is 5.82 Å². The predicted molar refractivity (Wildman–Crippen MR) is 113 cm³/mol. The van der Waals surface area contributed by atoms with E-state index in [1.807, 2.05) is 55.6 Å². The van der Waals surface area contributed by atoms with E-state index >= 15 is 0 Å². The summed E-state index contributed by atoms with van der Waals surface area (Å²) < 4.78 is 6.31. The molecule has 3 aromatic heterocycles. The van der Waals surface area contributed by atoms with Crippen LogP contribution in [0, 0.1) is 0 Å². The van der Waals surface area contributed by atoms with Crippen LogP contribution in [0.2, 0.25) is 0 Å². The first-order chi connectivity index (χ1) is 14.0. The monoisotopic (exact) mass is 390 g/mol. The lowest BCUT2D eigenvalue weighted by molar-refractivity contribution is 0.604. The van der Waals surface area contributed by atoms with Gasteiger partial charge < -0.3 is 4.57 Å². The molecule has 0 bridgehead atoms. The number of benzene rings is 1. The molecule has 0 fully saturated rings. The van der Waals surface area contributed by atoms with Gasteiger partial charge in [-0.15, -0.1) is 0 Å². The molecule has 0 atom stereocenters. The lowest BCUT2D eigenvalue weighted by atomic mass is 10.2. The van der Waals surface area contributed by atoms with Crippen molar-refractivity contribution in [1.82, 2.24) is 28.5 Å². The molecule has 0 unspecified atom stereocenters. The fourth-order valence-corrected chi connectivity index (χ4v) is 3.46. The summed E-state index contributed by atoms with van der Waals surface area (Å²) in [7, 11) is 1.79. The summed E-state index contributed by atoms with van der Waals surface area (Å²) in [4.78, 5) is 29.9. The highest BCUT2D eigenvalue weighted by atomic mass is 16.2. The molecule has 0 saturated heterocycles. The Bertz CT molecular complexity index is 1320. The molecular weight excluding hydrogens is 368 g/mol. The van der Waals surface area contributed by atoms with Crippen molar-refractivity contribution in [3.05, 3.63) is 75.0 Å².